The fourth-order valence-corrected chi connectivity index (χ4v) is 5.43. The van der Waals surface area contributed by atoms with E-state index in [-0.39, 0.29) is 29.4 Å². The number of nitrogens with one attached hydrogen (secondary N) is 1. The number of benzene rings is 1. The van der Waals surface area contributed by atoms with E-state index in [4.69, 9.17) is 9.16 Å². The number of imidazole rings is 1. The molecule has 4 aromatic rings. The van der Waals surface area contributed by atoms with Crippen LogP contribution in [0.15, 0.2) is 60.1 Å². The Morgan fingerprint density at radius 1 is 1.16 bits per heavy atom. The number of fused-ring (bicyclic) bond motifs is 1. The van der Waals surface area contributed by atoms with E-state index in [9.17, 15) is 9.18 Å². The lowest BCUT2D eigenvalue weighted by atomic mass is 10.1. The molecule has 0 aliphatic heterocycles. The second-order valence-corrected chi connectivity index (χ2v) is 16.4. The van der Waals surface area contributed by atoms with Gasteiger partial charge in [0.05, 0.1) is 23.2 Å². The second kappa shape index (κ2) is 10.8. The van der Waals surface area contributed by atoms with Crippen molar-refractivity contribution in [3.63, 3.8) is 0 Å². The fourth-order valence-electron chi connectivity index (χ4n) is 3.75. The minimum Gasteiger partial charge on any atom is -0.484 e. The van der Waals surface area contributed by atoms with Gasteiger partial charge >= 0.3 is 0 Å². The summed E-state index contributed by atoms with van der Waals surface area (Å²) >= 11 is 1.30. The van der Waals surface area contributed by atoms with Crippen LogP contribution in [0.1, 0.15) is 53.4 Å². The third-order valence-corrected chi connectivity index (χ3v) is 12.3. The summed E-state index contributed by atoms with van der Waals surface area (Å²) in [6.07, 6.45) is 1.78. The van der Waals surface area contributed by atoms with Crippen LogP contribution < -0.4 is 10.1 Å². The predicted molar refractivity (Wildman–Crippen MR) is 148 cm³/mol. The number of aryl methyl sites for hydroxylation is 1. The van der Waals surface area contributed by atoms with Crippen molar-refractivity contribution in [1.29, 1.82) is 0 Å². The standard InChI is InChI=1S/C28H34FN3O3SSi/c1-19-25(32-15-10-13-23(26(32)30-19)34-18-24-21(29)14-16-36-24)27(33)31-22(20-11-8-7-9-12-20)17-35-37(5,6)28(2,3)4/h7-16,22H,17-18H2,1-6H3,(H,31,33)/t22-/m0/s1. The number of thiophene rings is 1. The smallest absolute Gasteiger partial charge is 0.270 e. The maximum atomic E-state index is 13.9. The summed E-state index contributed by atoms with van der Waals surface area (Å²) in [4.78, 5) is 18.8. The molecule has 0 unspecified atom stereocenters. The highest BCUT2D eigenvalue weighted by Crippen LogP contribution is 2.37. The first kappa shape index (κ1) is 27.0. The molecule has 9 heteroatoms. The summed E-state index contributed by atoms with van der Waals surface area (Å²) in [7, 11) is -2.03. The molecule has 0 aliphatic rings. The van der Waals surface area contributed by atoms with Gasteiger partial charge in [0.2, 0.25) is 0 Å². The van der Waals surface area contributed by atoms with E-state index in [0.29, 0.717) is 34.3 Å². The molecule has 0 bridgehead atoms. The van der Waals surface area contributed by atoms with Gasteiger partial charge in [-0.25, -0.2) is 9.37 Å². The summed E-state index contributed by atoms with van der Waals surface area (Å²) in [6, 6.07) is 14.5. The number of carbonyl (C=O) groups is 1. The highest BCUT2D eigenvalue weighted by molar-refractivity contribution is 7.09. The Morgan fingerprint density at radius 3 is 2.54 bits per heavy atom. The van der Waals surface area contributed by atoms with Gasteiger partial charge in [-0.1, -0.05) is 51.1 Å². The van der Waals surface area contributed by atoms with Crippen molar-refractivity contribution in [2.75, 3.05) is 6.61 Å². The van der Waals surface area contributed by atoms with Crippen LogP contribution in [0.25, 0.3) is 5.65 Å². The van der Waals surface area contributed by atoms with E-state index in [0.717, 1.165) is 5.56 Å². The first-order chi connectivity index (χ1) is 17.5. The van der Waals surface area contributed by atoms with Gasteiger partial charge in [-0.2, -0.15) is 0 Å². The molecule has 1 atom stereocenters. The highest BCUT2D eigenvalue weighted by Gasteiger charge is 2.38. The number of rotatable bonds is 9. The maximum Gasteiger partial charge on any atom is 0.270 e. The van der Waals surface area contributed by atoms with Crippen LogP contribution in [0.2, 0.25) is 18.1 Å². The second-order valence-electron chi connectivity index (χ2n) is 10.6. The number of carbonyl (C=O) groups excluding carboxylic acids is 1. The number of hydrogen-bond donors (Lipinski definition) is 1. The molecule has 6 nitrogen and oxygen atoms in total. The average Bonchev–Trinajstić information content (AvgIpc) is 3.41. The molecule has 0 fully saturated rings. The van der Waals surface area contributed by atoms with Crippen molar-refractivity contribution < 1.29 is 18.3 Å². The van der Waals surface area contributed by atoms with Gasteiger partial charge in [0.15, 0.2) is 19.7 Å². The van der Waals surface area contributed by atoms with Crippen molar-refractivity contribution in [2.24, 2.45) is 0 Å². The van der Waals surface area contributed by atoms with E-state index in [1.54, 1.807) is 35.0 Å². The number of pyridine rings is 1. The van der Waals surface area contributed by atoms with Crippen LogP contribution in [0.3, 0.4) is 0 Å². The molecule has 37 heavy (non-hydrogen) atoms. The SMILES string of the molecule is Cc1nc2c(OCc3sccc3F)cccn2c1C(=O)N[C@@H](CO[Si](C)(C)C(C)(C)C)c1ccccc1. The van der Waals surface area contributed by atoms with Crippen molar-refractivity contribution in [3.8, 4) is 5.75 Å². The summed E-state index contributed by atoms with van der Waals surface area (Å²) in [6.45, 7) is 13.3. The summed E-state index contributed by atoms with van der Waals surface area (Å²) in [5.41, 5.74) is 2.49. The first-order valence-electron chi connectivity index (χ1n) is 12.3. The molecule has 0 saturated carbocycles. The summed E-state index contributed by atoms with van der Waals surface area (Å²) < 4.78 is 28.0. The number of ether oxygens (including phenoxy) is 1. The number of aromatic nitrogens is 2. The largest absolute Gasteiger partial charge is 0.484 e. The van der Waals surface area contributed by atoms with E-state index in [1.807, 2.05) is 30.3 Å². The Kier molecular flexibility index (Phi) is 7.87. The quantitative estimate of drug-likeness (QED) is 0.235. The van der Waals surface area contributed by atoms with Crippen molar-refractivity contribution in [3.05, 3.63) is 87.8 Å². The Balaban J connectivity index is 1.59. The Hall–Kier alpha value is -3.01. The number of amides is 1. The molecule has 0 aliphatic carbocycles. The van der Waals surface area contributed by atoms with E-state index in [1.165, 1.54) is 17.4 Å². The lowest BCUT2D eigenvalue weighted by molar-refractivity contribution is 0.0911. The molecule has 1 N–H and O–H groups in total. The first-order valence-corrected chi connectivity index (χ1v) is 16.1. The number of nitrogens with zero attached hydrogens (tertiary/aromatic N) is 2. The Morgan fingerprint density at radius 2 is 1.89 bits per heavy atom. The van der Waals surface area contributed by atoms with E-state index >= 15 is 0 Å². The van der Waals surface area contributed by atoms with Crippen LogP contribution in [0.5, 0.6) is 5.75 Å². The predicted octanol–water partition coefficient (Wildman–Crippen LogP) is 6.92. The lowest BCUT2D eigenvalue weighted by Crippen LogP contribution is -2.43. The summed E-state index contributed by atoms with van der Waals surface area (Å²) in [5.74, 6) is -0.0548. The van der Waals surface area contributed by atoms with E-state index < -0.39 is 8.32 Å². The van der Waals surface area contributed by atoms with Crippen molar-refractivity contribution >= 4 is 31.2 Å². The normalized spacial score (nSPS) is 13.1. The lowest BCUT2D eigenvalue weighted by Gasteiger charge is -2.37. The zero-order valence-electron chi connectivity index (χ0n) is 22.2. The van der Waals surface area contributed by atoms with Crippen LogP contribution in [0.4, 0.5) is 4.39 Å². The molecular weight excluding hydrogens is 505 g/mol. The molecule has 1 amide bonds. The Labute approximate surface area is 222 Å². The van der Waals surface area contributed by atoms with Crippen LogP contribution >= 0.6 is 11.3 Å². The number of halogens is 1. The monoisotopic (exact) mass is 539 g/mol. The average molecular weight is 540 g/mol. The van der Waals surface area contributed by atoms with Gasteiger partial charge in [-0.05, 0) is 54.2 Å². The zero-order valence-corrected chi connectivity index (χ0v) is 24.0. The molecule has 3 heterocycles. The minimum atomic E-state index is -2.03. The molecule has 0 spiro atoms. The maximum absolute atomic E-state index is 13.9. The van der Waals surface area contributed by atoms with Gasteiger partial charge < -0.3 is 14.5 Å². The molecule has 3 aromatic heterocycles. The molecule has 4 rings (SSSR count). The molecule has 1 aromatic carbocycles. The van der Waals surface area contributed by atoms with Crippen molar-refractivity contribution in [1.82, 2.24) is 14.7 Å². The Bertz CT molecular complexity index is 1380. The van der Waals surface area contributed by atoms with Crippen molar-refractivity contribution in [2.45, 2.75) is 58.5 Å². The van der Waals surface area contributed by atoms with Gasteiger partial charge in [-0.15, -0.1) is 11.3 Å². The van der Waals surface area contributed by atoms with Gasteiger partial charge in [0, 0.05) is 6.20 Å². The van der Waals surface area contributed by atoms with Gasteiger partial charge in [0.1, 0.15) is 18.1 Å². The van der Waals surface area contributed by atoms with Crippen LogP contribution in [-0.2, 0) is 11.0 Å². The third-order valence-electron chi connectivity index (χ3n) is 6.98. The number of hydrogen-bond acceptors (Lipinski definition) is 5. The fraction of sp³-hybridized carbons (Fsp3) is 0.357. The summed E-state index contributed by atoms with van der Waals surface area (Å²) in [5, 5.41) is 4.93. The van der Waals surface area contributed by atoms with Gasteiger partial charge in [-0.3, -0.25) is 9.20 Å². The topological polar surface area (TPSA) is 64.9 Å². The molecular formula is C28H34FN3O3SSi. The van der Waals surface area contributed by atoms with Gasteiger partial charge in [0.25, 0.3) is 5.91 Å². The van der Waals surface area contributed by atoms with E-state index in [2.05, 4.69) is 44.2 Å². The highest BCUT2D eigenvalue weighted by atomic mass is 32.1. The molecule has 196 valence electrons. The molecule has 0 radical (unpaired) electrons. The van der Waals surface area contributed by atoms with Crippen LogP contribution in [-0.4, -0.2) is 30.2 Å². The minimum absolute atomic E-state index is 0.0545. The third kappa shape index (κ3) is 5.95. The zero-order chi connectivity index (χ0) is 26.8. The van der Waals surface area contributed by atoms with Crippen LogP contribution in [0, 0.1) is 12.7 Å². The molecule has 0 saturated heterocycles.